The minimum absolute atomic E-state index is 0.147. The van der Waals surface area contributed by atoms with Crippen molar-refractivity contribution in [3.63, 3.8) is 0 Å². The number of carbonyl (C=O) groups is 1. The van der Waals surface area contributed by atoms with Crippen LogP contribution >= 0.6 is 0 Å². The van der Waals surface area contributed by atoms with E-state index in [0.29, 0.717) is 23.8 Å². The van der Waals surface area contributed by atoms with Gasteiger partial charge in [0, 0.05) is 6.54 Å². The molecule has 0 saturated carbocycles. The Balaban J connectivity index is 1.91. The summed E-state index contributed by atoms with van der Waals surface area (Å²) in [7, 11) is 1.56. The summed E-state index contributed by atoms with van der Waals surface area (Å²) in [6.07, 6.45) is 6.77. The van der Waals surface area contributed by atoms with Gasteiger partial charge in [0.2, 0.25) is 0 Å². The van der Waals surface area contributed by atoms with Crippen LogP contribution in [0.3, 0.4) is 0 Å². The van der Waals surface area contributed by atoms with E-state index in [0.717, 1.165) is 5.56 Å². The van der Waals surface area contributed by atoms with E-state index in [9.17, 15) is 4.79 Å². The molecule has 0 aliphatic carbocycles. The van der Waals surface area contributed by atoms with Crippen LogP contribution in [0.1, 0.15) is 24.3 Å². The van der Waals surface area contributed by atoms with Crippen LogP contribution in [-0.4, -0.2) is 19.7 Å². The molecule has 1 atom stereocenters. The SMILES string of the molecule is C#CCOc1cc(CNC(=O)NC(C)c2ccco2)ccc1OC. The van der Waals surface area contributed by atoms with Gasteiger partial charge in [-0.1, -0.05) is 12.0 Å². The third-order valence-electron chi connectivity index (χ3n) is 3.31. The van der Waals surface area contributed by atoms with Crippen molar-refractivity contribution in [2.75, 3.05) is 13.7 Å². The fourth-order valence-electron chi connectivity index (χ4n) is 2.10. The number of amides is 2. The Kier molecular flexibility index (Phi) is 6.15. The molecule has 1 aromatic carbocycles. The number of urea groups is 1. The first-order chi connectivity index (χ1) is 11.6. The molecule has 2 rings (SSSR count). The zero-order valence-corrected chi connectivity index (χ0v) is 13.7. The summed E-state index contributed by atoms with van der Waals surface area (Å²) in [5.41, 5.74) is 0.864. The zero-order valence-electron chi connectivity index (χ0n) is 13.7. The second-order valence-corrected chi connectivity index (χ2v) is 5.04. The Morgan fingerprint density at radius 1 is 1.38 bits per heavy atom. The van der Waals surface area contributed by atoms with Crippen LogP contribution in [0.4, 0.5) is 4.79 Å². The minimum atomic E-state index is -0.291. The average molecular weight is 328 g/mol. The van der Waals surface area contributed by atoms with Gasteiger partial charge in [0.1, 0.15) is 12.4 Å². The molecule has 0 bridgehead atoms. The van der Waals surface area contributed by atoms with Gasteiger partial charge in [0.05, 0.1) is 19.4 Å². The maximum Gasteiger partial charge on any atom is 0.315 e. The maximum atomic E-state index is 12.0. The van der Waals surface area contributed by atoms with Gasteiger partial charge in [-0.3, -0.25) is 0 Å². The highest BCUT2D eigenvalue weighted by Gasteiger charge is 2.12. The second kappa shape index (κ2) is 8.53. The normalized spacial score (nSPS) is 11.2. The predicted molar refractivity (Wildman–Crippen MR) is 89.8 cm³/mol. The molecule has 1 unspecified atom stereocenters. The van der Waals surface area contributed by atoms with Crippen molar-refractivity contribution in [1.29, 1.82) is 0 Å². The Morgan fingerprint density at radius 3 is 2.88 bits per heavy atom. The van der Waals surface area contributed by atoms with Crippen LogP contribution in [0.25, 0.3) is 0 Å². The Morgan fingerprint density at radius 2 is 2.21 bits per heavy atom. The maximum absolute atomic E-state index is 12.0. The first-order valence-electron chi connectivity index (χ1n) is 7.45. The van der Waals surface area contributed by atoms with Gasteiger partial charge in [-0.2, -0.15) is 0 Å². The van der Waals surface area contributed by atoms with Crippen molar-refractivity contribution in [2.45, 2.75) is 19.5 Å². The molecule has 0 spiro atoms. The first kappa shape index (κ1) is 17.3. The van der Waals surface area contributed by atoms with E-state index in [4.69, 9.17) is 20.3 Å². The molecule has 2 N–H and O–H groups in total. The summed E-state index contributed by atoms with van der Waals surface area (Å²) in [4.78, 5) is 12.0. The molecule has 1 heterocycles. The number of ether oxygens (including phenoxy) is 2. The highest BCUT2D eigenvalue weighted by molar-refractivity contribution is 5.74. The lowest BCUT2D eigenvalue weighted by molar-refractivity contribution is 0.235. The Hall–Kier alpha value is -3.07. The molecule has 0 radical (unpaired) electrons. The molecule has 0 fully saturated rings. The standard InChI is InChI=1S/C18H20N2O4/c1-4-9-23-17-11-14(7-8-16(17)22-3)12-19-18(21)20-13(2)15-6-5-10-24-15/h1,5-8,10-11,13H,9,12H2,2-3H3,(H2,19,20,21). The van der Waals surface area contributed by atoms with Crippen LogP contribution in [-0.2, 0) is 6.54 Å². The predicted octanol–water partition coefficient (Wildman–Crippen LogP) is 2.86. The topological polar surface area (TPSA) is 72.7 Å². The van der Waals surface area contributed by atoms with Crippen molar-refractivity contribution < 1.29 is 18.7 Å². The van der Waals surface area contributed by atoms with Gasteiger partial charge in [0.25, 0.3) is 0 Å². The Bertz CT molecular complexity index is 704. The summed E-state index contributed by atoms with van der Waals surface area (Å²) >= 11 is 0. The van der Waals surface area contributed by atoms with E-state index >= 15 is 0 Å². The number of nitrogens with one attached hydrogen (secondary N) is 2. The number of furan rings is 1. The van der Waals surface area contributed by atoms with Gasteiger partial charge >= 0.3 is 6.03 Å². The quantitative estimate of drug-likeness (QED) is 0.767. The van der Waals surface area contributed by atoms with E-state index < -0.39 is 0 Å². The molecule has 6 nitrogen and oxygen atoms in total. The van der Waals surface area contributed by atoms with Crippen LogP contribution in [0.15, 0.2) is 41.0 Å². The number of rotatable bonds is 7. The number of terminal acetylenes is 1. The lowest BCUT2D eigenvalue weighted by atomic mass is 10.2. The van der Waals surface area contributed by atoms with E-state index in [2.05, 4.69) is 16.6 Å². The Labute approximate surface area is 141 Å². The van der Waals surface area contributed by atoms with Crippen molar-refractivity contribution >= 4 is 6.03 Å². The molecule has 2 amide bonds. The lowest BCUT2D eigenvalue weighted by Crippen LogP contribution is -2.36. The number of hydrogen-bond donors (Lipinski definition) is 2. The number of benzene rings is 1. The zero-order chi connectivity index (χ0) is 17.4. The van der Waals surface area contributed by atoms with Crippen molar-refractivity contribution in [3.05, 3.63) is 47.9 Å². The largest absolute Gasteiger partial charge is 0.493 e. The fraction of sp³-hybridized carbons (Fsp3) is 0.278. The summed E-state index contributed by atoms with van der Waals surface area (Å²) in [5.74, 6) is 4.23. The molecule has 2 aromatic rings. The molecular formula is C18H20N2O4. The molecule has 0 saturated heterocycles. The molecule has 24 heavy (non-hydrogen) atoms. The summed E-state index contributed by atoms with van der Waals surface area (Å²) in [6.45, 7) is 2.33. The molecular weight excluding hydrogens is 308 g/mol. The van der Waals surface area contributed by atoms with Crippen molar-refractivity contribution in [3.8, 4) is 23.8 Å². The molecule has 0 aliphatic heterocycles. The van der Waals surface area contributed by atoms with Crippen LogP contribution in [0, 0.1) is 12.3 Å². The van der Waals surface area contributed by atoms with Gasteiger partial charge in [-0.05, 0) is 36.8 Å². The smallest absolute Gasteiger partial charge is 0.315 e. The number of carbonyl (C=O) groups excluding carboxylic acids is 1. The average Bonchev–Trinajstić information content (AvgIpc) is 3.13. The van der Waals surface area contributed by atoms with E-state index in [1.165, 1.54) is 0 Å². The fourth-order valence-corrected chi connectivity index (χ4v) is 2.10. The molecule has 0 aliphatic rings. The molecule has 1 aromatic heterocycles. The van der Waals surface area contributed by atoms with Gasteiger partial charge in [-0.25, -0.2) is 4.79 Å². The van der Waals surface area contributed by atoms with Crippen molar-refractivity contribution in [1.82, 2.24) is 10.6 Å². The summed E-state index contributed by atoms with van der Waals surface area (Å²) in [5, 5.41) is 5.58. The molecule has 6 heteroatoms. The van der Waals surface area contributed by atoms with Gasteiger partial charge in [0.15, 0.2) is 11.5 Å². The third-order valence-corrected chi connectivity index (χ3v) is 3.31. The highest BCUT2D eigenvalue weighted by atomic mass is 16.5. The third kappa shape index (κ3) is 4.71. The summed E-state index contributed by atoms with van der Waals surface area (Å²) < 4.78 is 15.9. The van der Waals surface area contributed by atoms with Gasteiger partial charge in [-0.15, -0.1) is 6.42 Å². The van der Waals surface area contributed by atoms with Crippen LogP contribution < -0.4 is 20.1 Å². The van der Waals surface area contributed by atoms with Crippen molar-refractivity contribution in [2.24, 2.45) is 0 Å². The van der Waals surface area contributed by atoms with Crippen LogP contribution in [0.2, 0.25) is 0 Å². The molecule has 126 valence electrons. The minimum Gasteiger partial charge on any atom is -0.493 e. The first-order valence-corrected chi connectivity index (χ1v) is 7.45. The number of hydrogen-bond acceptors (Lipinski definition) is 4. The van der Waals surface area contributed by atoms with Crippen LogP contribution in [0.5, 0.6) is 11.5 Å². The number of methoxy groups -OCH3 is 1. The van der Waals surface area contributed by atoms with Gasteiger partial charge < -0.3 is 24.5 Å². The highest BCUT2D eigenvalue weighted by Crippen LogP contribution is 2.27. The van der Waals surface area contributed by atoms with E-state index in [1.807, 2.05) is 19.1 Å². The van der Waals surface area contributed by atoms with E-state index in [1.54, 1.807) is 31.6 Å². The summed E-state index contributed by atoms with van der Waals surface area (Å²) in [6, 6.07) is 8.48. The lowest BCUT2D eigenvalue weighted by Gasteiger charge is -2.14. The second-order valence-electron chi connectivity index (χ2n) is 5.04. The van der Waals surface area contributed by atoms with E-state index in [-0.39, 0.29) is 18.7 Å². The monoisotopic (exact) mass is 328 g/mol.